The van der Waals surface area contributed by atoms with E-state index in [9.17, 15) is 5.11 Å². The molecule has 0 bridgehead atoms. The number of hydrogen-bond donors (Lipinski definition) is 1. The van der Waals surface area contributed by atoms with Crippen LogP contribution in [0.5, 0.6) is 0 Å². The smallest absolute Gasteiger partial charge is 0.123 e. The van der Waals surface area contributed by atoms with Crippen LogP contribution in [0.3, 0.4) is 0 Å². The number of thiazole rings is 1. The molecule has 0 saturated heterocycles. The highest BCUT2D eigenvalue weighted by Crippen LogP contribution is 2.31. The Balaban J connectivity index is 2.18. The number of benzene rings is 1. The second kappa shape index (κ2) is 5.55. The molecule has 1 atom stereocenters. The van der Waals surface area contributed by atoms with Gasteiger partial charge in [-0.25, -0.2) is 4.98 Å². The molecular weight excluding hydrogens is 301 g/mol. The van der Waals surface area contributed by atoms with Gasteiger partial charge in [0.05, 0.1) is 16.2 Å². The van der Waals surface area contributed by atoms with Crippen molar-refractivity contribution in [1.29, 1.82) is 0 Å². The van der Waals surface area contributed by atoms with E-state index in [1.165, 1.54) is 17.5 Å². The highest BCUT2D eigenvalue weighted by Gasteiger charge is 2.15. The minimum Gasteiger partial charge on any atom is -0.386 e. The molecule has 0 aliphatic rings. The molecule has 1 aromatic carbocycles. The summed E-state index contributed by atoms with van der Waals surface area (Å²) in [4.78, 5) is 4.02. The van der Waals surface area contributed by atoms with Crippen molar-refractivity contribution in [2.45, 2.75) is 12.5 Å². The monoisotopic (exact) mass is 307 g/mol. The van der Waals surface area contributed by atoms with Crippen molar-refractivity contribution >= 4 is 46.1 Å². The first-order valence-corrected chi connectivity index (χ1v) is 6.75. The second-order valence-electron chi connectivity index (χ2n) is 3.44. The number of hydrogen-bond acceptors (Lipinski definition) is 3. The fourth-order valence-electron chi connectivity index (χ4n) is 1.42. The van der Waals surface area contributed by atoms with Crippen molar-refractivity contribution < 1.29 is 5.11 Å². The molecule has 2 nitrogen and oxygen atoms in total. The molecule has 6 heteroatoms. The summed E-state index contributed by atoms with van der Waals surface area (Å²) < 4.78 is 0.552. The first-order chi connectivity index (χ1) is 8.08. The van der Waals surface area contributed by atoms with Crippen molar-refractivity contribution in [3.8, 4) is 0 Å². The van der Waals surface area contributed by atoms with E-state index in [0.717, 1.165) is 5.56 Å². The summed E-state index contributed by atoms with van der Waals surface area (Å²) in [6.07, 6.45) is 1.16. The largest absolute Gasteiger partial charge is 0.386 e. The Kier molecular flexibility index (Phi) is 4.28. The molecule has 0 radical (unpaired) electrons. The maximum absolute atomic E-state index is 9.99. The molecule has 1 aromatic heterocycles. The molecule has 0 spiro atoms. The molecular formula is C11H8Cl3NOS. The molecule has 0 amide bonds. The van der Waals surface area contributed by atoms with Crippen LogP contribution in [0.25, 0.3) is 0 Å². The average molecular weight is 309 g/mol. The molecule has 1 unspecified atom stereocenters. The van der Waals surface area contributed by atoms with Gasteiger partial charge in [0.1, 0.15) is 15.4 Å². The molecule has 1 heterocycles. The predicted molar refractivity (Wildman–Crippen MR) is 72.2 cm³/mol. The van der Waals surface area contributed by atoms with Crippen molar-refractivity contribution in [2.75, 3.05) is 0 Å². The van der Waals surface area contributed by atoms with Gasteiger partial charge in [0, 0.05) is 6.42 Å². The van der Waals surface area contributed by atoms with Gasteiger partial charge >= 0.3 is 0 Å². The Morgan fingerprint density at radius 1 is 1.29 bits per heavy atom. The predicted octanol–water partition coefficient (Wildman–Crippen LogP) is 4.38. The standard InChI is InChI=1S/C11H8Cl3NOS/c12-7-3-1-2-6(10(7)14)4-8(16)11-15-5-9(13)17-11/h1-3,5,8,16H,4H2. The van der Waals surface area contributed by atoms with E-state index in [1.807, 2.05) is 6.07 Å². The SMILES string of the molecule is OC(Cc1cccc(Cl)c1Cl)c1ncc(Cl)s1. The normalized spacial score (nSPS) is 12.7. The zero-order valence-electron chi connectivity index (χ0n) is 8.53. The molecule has 2 aromatic rings. The van der Waals surface area contributed by atoms with Crippen molar-refractivity contribution in [2.24, 2.45) is 0 Å². The summed E-state index contributed by atoms with van der Waals surface area (Å²) in [5.41, 5.74) is 0.790. The third-order valence-corrected chi connectivity index (χ3v) is 4.30. The van der Waals surface area contributed by atoms with Crippen molar-refractivity contribution in [3.63, 3.8) is 0 Å². The van der Waals surface area contributed by atoms with Crippen molar-refractivity contribution in [1.82, 2.24) is 4.98 Å². The van der Waals surface area contributed by atoms with E-state index in [-0.39, 0.29) is 0 Å². The quantitative estimate of drug-likeness (QED) is 0.913. The van der Waals surface area contributed by atoms with E-state index in [4.69, 9.17) is 34.8 Å². The fourth-order valence-corrected chi connectivity index (χ4v) is 2.74. The average Bonchev–Trinajstić information content (AvgIpc) is 2.72. The third-order valence-electron chi connectivity index (χ3n) is 2.23. The first kappa shape index (κ1) is 13.1. The van der Waals surface area contributed by atoms with Crippen LogP contribution >= 0.6 is 46.1 Å². The van der Waals surface area contributed by atoms with Gasteiger partial charge in [-0.3, -0.25) is 0 Å². The highest BCUT2D eigenvalue weighted by molar-refractivity contribution is 7.15. The van der Waals surface area contributed by atoms with E-state index in [2.05, 4.69) is 4.98 Å². The molecule has 0 saturated carbocycles. The summed E-state index contributed by atoms with van der Waals surface area (Å²) >= 11 is 19.0. The zero-order valence-corrected chi connectivity index (χ0v) is 11.6. The first-order valence-electron chi connectivity index (χ1n) is 4.80. The number of nitrogens with zero attached hydrogens (tertiary/aromatic N) is 1. The molecule has 0 aliphatic carbocycles. The van der Waals surface area contributed by atoms with Crippen LogP contribution in [0.4, 0.5) is 0 Å². The minimum atomic E-state index is -0.719. The van der Waals surface area contributed by atoms with Gasteiger partial charge in [0.15, 0.2) is 0 Å². The number of halogens is 3. The maximum atomic E-state index is 9.99. The number of aliphatic hydroxyl groups excluding tert-OH is 1. The van der Waals surface area contributed by atoms with Crippen LogP contribution in [-0.4, -0.2) is 10.1 Å². The van der Waals surface area contributed by atoms with E-state index in [1.54, 1.807) is 12.1 Å². The zero-order chi connectivity index (χ0) is 12.4. The van der Waals surface area contributed by atoms with Crippen LogP contribution < -0.4 is 0 Å². The van der Waals surface area contributed by atoms with Gasteiger partial charge in [-0.15, -0.1) is 11.3 Å². The molecule has 17 heavy (non-hydrogen) atoms. The van der Waals surface area contributed by atoms with E-state index < -0.39 is 6.10 Å². The minimum absolute atomic E-state index is 0.364. The number of rotatable bonds is 3. The lowest BCUT2D eigenvalue weighted by Gasteiger charge is -2.09. The highest BCUT2D eigenvalue weighted by atomic mass is 35.5. The number of aliphatic hydroxyl groups is 1. The summed E-state index contributed by atoms with van der Waals surface area (Å²) in [5, 5.41) is 11.5. The van der Waals surface area contributed by atoms with Gasteiger partial charge < -0.3 is 5.11 Å². The van der Waals surface area contributed by atoms with E-state index >= 15 is 0 Å². The van der Waals surface area contributed by atoms with Gasteiger partial charge in [-0.2, -0.15) is 0 Å². The Morgan fingerprint density at radius 2 is 2.06 bits per heavy atom. The van der Waals surface area contributed by atoms with Crippen LogP contribution in [0.2, 0.25) is 14.4 Å². The lowest BCUT2D eigenvalue weighted by Crippen LogP contribution is -2.01. The second-order valence-corrected chi connectivity index (χ2v) is 5.91. The lowest BCUT2D eigenvalue weighted by molar-refractivity contribution is 0.178. The van der Waals surface area contributed by atoms with Crippen LogP contribution in [0.1, 0.15) is 16.7 Å². The number of aromatic nitrogens is 1. The van der Waals surface area contributed by atoms with Crippen LogP contribution in [-0.2, 0) is 6.42 Å². The summed E-state index contributed by atoms with van der Waals surface area (Å²) in [7, 11) is 0. The van der Waals surface area contributed by atoms with Gasteiger partial charge in [0.25, 0.3) is 0 Å². The van der Waals surface area contributed by atoms with Gasteiger partial charge in [-0.05, 0) is 11.6 Å². The summed E-state index contributed by atoms with van der Waals surface area (Å²) in [6, 6.07) is 5.33. The Hall–Kier alpha value is -0.320. The lowest BCUT2D eigenvalue weighted by atomic mass is 10.1. The Morgan fingerprint density at radius 3 is 2.71 bits per heavy atom. The Labute approximate surface area is 118 Å². The summed E-state index contributed by atoms with van der Waals surface area (Å²) in [5.74, 6) is 0. The molecule has 0 aliphatic heterocycles. The van der Waals surface area contributed by atoms with Gasteiger partial charge in [0.2, 0.25) is 0 Å². The van der Waals surface area contributed by atoms with Crippen LogP contribution in [0, 0.1) is 0 Å². The third kappa shape index (κ3) is 3.12. The molecule has 90 valence electrons. The van der Waals surface area contributed by atoms with Gasteiger partial charge in [-0.1, -0.05) is 46.9 Å². The fraction of sp³-hybridized carbons (Fsp3) is 0.182. The summed E-state index contributed by atoms with van der Waals surface area (Å²) in [6.45, 7) is 0. The van der Waals surface area contributed by atoms with Crippen molar-refractivity contribution in [3.05, 3.63) is 49.3 Å². The maximum Gasteiger partial charge on any atom is 0.123 e. The van der Waals surface area contributed by atoms with E-state index in [0.29, 0.717) is 25.8 Å². The molecule has 1 N–H and O–H groups in total. The molecule has 2 rings (SSSR count). The Bertz CT molecular complexity index is 529. The molecule has 0 fully saturated rings. The topological polar surface area (TPSA) is 33.1 Å². The van der Waals surface area contributed by atoms with Crippen LogP contribution in [0.15, 0.2) is 24.4 Å².